The molecule has 0 saturated carbocycles. The zero-order valence-electron chi connectivity index (χ0n) is 24.4. The van der Waals surface area contributed by atoms with Crippen molar-refractivity contribution in [3.05, 3.63) is 58.4 Å². The molecule has 0 bridgehead atoms. The summed E-state index contributed by atoms with van der Waals surface area (Å²) < 4.78 is 16.7. The van der Waals surface area contributed by atoms with Gasteiger partial charge in [-0.1, -0.05) is 6.07 Å². The van der Waals surface area contributed by atoms with Crippen molar-refractivity contribution in [2.45, 2.75) is 65.3 Å². The number of carbonyl (C=O) groups excluding carboxylic acids is 1. The Hall–Kier alpha value is -3.54. The summed E-state index contributed by atoms with van der Waals surface area (Å²) >= 11 is 0. The largest absolute Gasteiger partial charge is 0.485 e. The number of hydrogen-bond donors (Lipinski definition) is 2. The molecule has 1 saturated heterocycles. The van der Waals surface area contributed by atoms with E-state index in [1.165, 1.54) is 17.5 Å². The first-order valence-corrected chi connectivity index (χ1v) is 14.3. The third-order valence-electron chi connectivity index (χ3n) is 7.90. The highest BCUT2D eigenvalue weighted by atomic mass is 16.5. The monoisotopic (exact) mass is 564 g/mol. The van der Waals surface area contributed by atoms with Gasteiger partial charge in [-0.2, -0.15) is 4.98 Å². The average Bonchev–Trinajstić information content (AvgIpc) is 3.37. The molecule has 220 valence electrons. The standard InChI is InChI=1S/C30H40N6O5/c1-5-35(4)30-33-25(12-29(34-30)32-22-15-39-16-22)26(38)8-7-23(37)14-36-11-10-24-19(2)27(9-6-21(24)13-36)40-17-28-20(3)31-18-41-28/h6,9,12,18,22-23,37H,5,7-8,10-11,13-17H2,1-4H3,(H,32,33,34)/t23-/m0/s1. The van der Waals surface area contributed by atoms with E-state index in [0.29, 0.717) is 50.2 Å². The van der Waals surface area contributed by atoms with Crippen LogP contribution in [0.25, 0.3) is 0 Å². The highest BCUT2D eigenvalue weighted by Crippen LogP contribution is 2.30. The fourth-order valence-electron chi connectivity index (χ4n) is 5.10. The SMILES string of the molecule is CCN(C)c1nc(NC2COC2)cc(C(=O)CC[C@H](O)CN2CCc3c(ccc(OCc4ocnc4C)c3C)C2)n1. The molecule has 11 heteroatoms. The van der Waals surface area contributed by atoms with Crippen molar-refractivity contribution in [3.8, 4) is 5.75 Å². The third-order valence-corrected chi connectivity index (χ3v) is 7.90. The van der Waals surface area contributed by atoms with Crippen LogP contribution >= 0.6 is 0 Å². The van der Waals surface area contributed by atoms with E-state index in [9.17, 15) is 9.90 Å². The maximum Gasteiger partial charge on any atom is 0.227 e. The van der Waals surface area contributed by atoms with Gasteiger partial charge >= 0.3 is 0 Å². The van der Waals surface area contributed by atoms with E-state index >= 15 is 0 Å². The number of nitrogens with one attached hydrogen (secondary N) is 1. The van der Waals surface area contributed by atoms with Crippen molar-refractivity contribution in [2.24, 2.45) is 0 Å². The molecule has 41 heavy (non-hydrogen) atoms. The first kappa shape index (κ1) is 29.0. The number of aromatic nitrogens is 3. The number of ether oxygens (including phenoxy) is 2. The Labute approximate surface area is 240 Å². The number of aliphatic hydroxyl groups is 1. The van der Waals surface area contributed by atoms with Crippen molar-refractivity contribution < 1.29 is 23.8 Å². The molecule has 2 aliphatic rings. The average molecular weight is 565 g/mol. The van der Waals surface area contributed by atoms with Crippen LogP contribution in [-0.2, 0) is 24.3 Å². The number of rotatable bonds is 13. The molecule has 1 aromatic carbocycles. The molecule has 2 N–H and O–H groups in total. The lowest BCUT2D eigenvalue weighted by atomic mass is 9.94. The van der Waals surface area contributed by atoms with E-state index in [1.54, 1.807) is 6.07 Å². The smallest absolute Gasteiger partial charge is 0.227 e. The number of Topliss-reactive ketones (excluding diaryl/α,β-unsaturated/α-hetero) is 1. The molecule has 4 heterocycles. The number of oxazole rings is 1. The van der Waals surface area contributed by atoms with E-state index < -0.39 is 6.10 Å². The fourth-order valence-corrected chi connectivity index (χ4v) is 5.10. The second-order valence-corrected chi connectivity index (χ2v) is 10.9. The van der Waals surface area contributed by atoms with Gasteiger partial charge in [0.15, 0.2) is 17.9 Å². The minimum absolute atomic E-state index is 0.0993. The molecule has 1 atom stereocenters. The van der Waals surface area contributed by atoms with Gasteiger partial charge in [-0.3, -0.25) is 9.69 Å². The molecule has 0 spiro atoms. The van der Waals surface area contributed by atoms with E-state index in [1.807, 2.05) is 31.9 Å². The summed E-state index contributed by atoms with van der Waals surface area (Å²) in [5.41, 5.74) is 4.88. The Morgan fingerprint density at radius 1 is 1.29 bits per heavy atom. The molecule has 2 aromatic heterocycles. The van der Waals surface area contributed by atoms with Crippen LogP contribution in [0.5, 0.6) is 5.75 Å². The normalized spacial score (nSPS) is 16.1. The highest BCUT2D eigenvalue weighted by molar-refractivity contribution is 5.95. The van der Waals surface area contributed by atoms with Gasteiger partial charge in [0.1, 0.15) is 23.9 Å². The number of fused-ring (bicyclic) bond motifs is 1. The van der Waals surface area contributed by atoms with Gasteiger partial charge in [-0.15, -0.1) is 0 Å². The van der Waals surface area contributed by atoms with Crippen LogP contribution in [-0.4, -0.2) is 82.8 Å². The minimum atomic E-state index is -0.612. The number of benzene rings is 1. The molecule has 1 fully saturated rings. The summed E-state index contributed by atoms with van der Waals surface area (Å²) in [4.78, 5) is 30.4. The van der Waals surface area contributed by atoms with Gasteiger partial charge in [-0.25, -0.2) is 9.97 Å². The number of ketones is 1. The lowest BCUT2D eigenvalue weighted by Crippen LogP contribution is -2.40. The Morgan fingerprint density at radius 2 is 2.12 bits per heavy atom. The van der Waals surface area contributed by atoms with Gasteiger partial charge in [-0.05, 0) is 56.4 Å². The second kappa shape index (κ2) is 13.0. The fraction of sp³-hybridized carbons (Fsp3) is 0.533. The molecule has 2 aliphatic heterocycles. The van der Waals surface area contributed by atoms with Gasteiger partial charge in [0.25, 0.3) is 0 Å². The lowest BCUT2D eigenvalue weighted by molar-refractivity contribution is 0.0209. The Bertz CT molecular complexity index is 1360. The Kier molecular flexibility index (Phi) is 9.16. The second-order valence-electron chi connectivity index (χ2n) is 10.9. The van der Waals surface area contributed by atoms with Crippen LogP contribution in [0.1, 0.15) is 58.4 Å². The number of carbonyl (C=O) groups is 1. The molecule has 0 radical (unpaired) electrons. The molecule has 0 amide bonds. The Balaban J connectivity index is 1.14. The molecule has 0 unspecified atom stereocenters. The number of aryl methyl sites for hydroxylation is 1. The molecular formula is C30H40N6O5. The lowest BCUT2D eigenvalue weighted by Gasteiger charge is -2.31. The number of β-amino-alcohol motifs (C(OH)–C–C–N with tert-alkyl or cyclic N) is 1. The first-order chi connectivity index (χ1) is 19.8. The van der Waals surface area contributed by atoms with E-state index in [4.69, 9.17) is 13.9 Å². The summed E-state index contributed by atoms with van der Waals surface area (Å²) in [6.07, 6.45) is 2.29. The zero-order valence-corrected chi connectivity index (χ0v) is 24.4. The molecule has 0 aliphatic carbocycles. The first-order valence-electron chi connectivity index (χ1n) is 14.3. The topological polar surface area (TPSA) is 126 Å². The summed E-state index contributed by atoms with van der Waals surface area (Å²) in [6, 6.07) is 6.00. The predicted molar refractivity (Wildman–Crippen MR) is 155 cm³/mol. The van der Waals surface area contributed by atoms with Gasteiger partial charge < -0.3 is 29.2 Å². The van der Waals surface area contributed by atoms with Gasteiger partial charge in [0.05, 0.1) is 31.1 Å². The van der Waals surface area contributed by atoms with E-state index in [0.717, 1.165) is 48.8 Å². The molecule has 5 rings (SSSR count). The highest BCUT2D eigenvalue weighted by Gasteiger charge is 2.24. The van der Waals surface area contributed by atoms with Crippen LogP contribution in [0, 0.1) is 13.8 Å². The van der Waals surface area contributed by atoms with Gasteiger partial charge in [0, 0.05) is 45.7 Å². The number of nitrogens with zero attached hydrogens (tertiary/aromatic N) is 5. The van der Waals surface area contributed by atoms with Gasteiger partial charge in [0.2, 0.25) is 5.95 Å². The van der Waals surface area contributed by atoms with Crippen LogP contribution in [0.15, 0.2) is 29.0 Å². The third kappa shape index (κ3) is 7.03. The van der Waals surface area contributed by atoms with Crippen LogP contribution < -0.4 is 15.0 Å². The summed E-state index contributed by atoms with van der Waals surface area (Å²) in [7, 11) is 1.90. The van der Waals surface area contributed by atoms with Crippen molar-refractivity contribution in [2.75, 3.05) is 50.1 Å². The number of anilines is 2. The van der Waals surface area contributed by atoms with Crippen LogP contribution in [0.2, 0.25) is 0 Å². The molecular weight excluding hydrogens is 524 g/mol. The number of hydrogen-bond acceptors (Lipinski definition) is 11. The quantitative estimate of drug-likeness (QED) is 0.297. The number of aliphatic hydroxyl groups excluding tert-OH is 1. The molecule has 11 nitrogen and oxygen atoms in total. The molecule has 3 aromatic rings. The van der Waals surface area contributed by atoms with Crippen molar-refractivity contribution >= 4 is 17.5 Å². The van der Waals surface area contributed by atoms with E-state index in [-0.39, 0.29) is 18.2 Å². The zero-order chi connectivity index (χ0) is 28.9. The summed E-state index contributed by atoms with van der Waals surface area (Å²) in [6.45, 7) is 10.4. The minimum Gasteiger partial charge on any atom is -0.485 e. The summed E-state index contributed by atoms with van der Waals surface area (Å²) in [5, 5.41) is 14.1. The van der Waals surface area contributed by atoms with Crippen LogP contribution in [0.3, 0.4) is 0 Å². The van der Waals surface area contributed by atoms with Crippen molar-refractivity contribution in [1.29, 1.82) is 0 Å². The maximum atomic E-state index is 13.1. The van der Waals surface area contributed by atoms with Crippen LogP contribution in [0.4, 0.5) is 11.8 Å². The van der Waals surface area contributed by atoms with Crippen molar-refractivity contribution in [3.63, 3.8) is 0 Å². The van der Waals surface area contributed by atoms with E-state index in [2.05, 4.69) is 38.2 Å². The maximum absolute atomic E-state index is 13.1. The summed E-state index contributed by atoms with van der Waals surface area (Å²) in [5.74, 6) is 2.61. The predicted octanol–water partition coefficient (Wildman–Crippen LogP) is 3.31. The van der Waals surface area contributed by atoms with Crippen molar-refractivity contribution in [1.82, 2.24) is 19.9 Å². The Morgan fingerprint density at radius 3 is 2.83 bits per heavy atom.